The molecule has 1 atom stereocenters. The first kappa shape index (κ1) is 27.7. The second-order valence-electron chi connectivity index (χ2n) is 9.37. The highest BCUT2D eigenvalue weighted by molar-refractivity contribution is 6.15. The molecule has 2 aliphatic heterocycles. The zero-order valence-corrected chi connectivity index (χ0v) is 20.9. The number of carbonyl (C=O) groups excluding carboxylic acids is 4. The number of amides is 1. The zero-order valence-electron chi connectivity index (χ0n) is 20.9. The van der Waals surface area contributed by atoms with Crippen molar-refractivity contribution in [2.24, 2.45) is 0 Å². The van der Waals surface area contributed by atoms with Gasteiger partial charge in [-0.25, -0.2) is 9.59 Å². The van der Waals surface area contributed by atoms with E-state index < -0.39 is 29.7 Å². The molecule has 1 unspecified atom stereocenters. The monoisotopic (exact) mass is 480 g/mol. The van der Waals surface area contributed by atoms with Gasteiger partial charge in [0.15, 0.2) is 5.57 Å². The van der Waals surface area contributed by atoms with E-state index in [0.717, 1.165) is 19.3 Å². The smallest absolute Gasteiger partial charge is 0.350 e. The topological polar surface area (TPSA) is 111 Å². The molecule has 0 aromatic rings. The van der Waals surface area contributed by atoms with Crippen LogP contribution in [0.5, 0.6) is 0 Å². The fourth-order valence-corrected chi connectivity index (χ4v) is 4.02. The molecule has 2 fully saturated rings. The minimum Gasteiger partial charge on any atom is -0.466 e. The average molecular weight is 481 g/mol. The summed E-state index contributed by atoms with van der Waals surface area (Å²) in [6.07, 6.45) is 13.0. The molecule has 0 radical (unpaired) electrons. The Morgan fingerprint density at radius 3 is 2.15 bits per heavy atom. The van der Waals surface area contributed by atoms with E-state index in [1.54, 1.807) is 0 Å². The van der Waals surface area contributed by atoms with E-state index in [-0.39, 0.29) is 17.9 Å². The van der Waals surface area contributed by atoms with E-state index in [4.69, 9.17) is 14.2 Å². The standard InChI is InChI=1S/C25H40N2O7/c1-4-5-6-7-8-9-10-11-12-13-16-32-21(28)17-20-22(29)26-14-15-27(20)18-19-23(30)33-25(2,3)34-24(19)31/h18,20H,4-17H2,1-3H3,(H,26,29). The maximum absolute atomic E-state index is 12.4. The van der Waals surface area contributed by atoms with E-state index in [9.17, 15) is 19.2 Å². The summed E-state index contributed by atoms with van der Waals surface area (Å²) in [5, 5.41) is 2.70. The SMILES string of the molecule is CCCCCCCCCCCCOC(=O)CC1C(=O)NCCN1C=C1C(=O)OC(C)(C)OC1=O. The molecule has 2 saturated heterocycles. The van der Waals surface area contributed by atoms with Crippen LogP contribution in [0.25, 0.3) is 0 Å². The van der Waals surface area contributed by atoms with Gasteiger partial charge in [0.25, 0.3) is 5.79 Å². The largest absolute Gasteiger partial charge is 0.466 e. The van der Waals surface area contributed by atoms with E-state index in [1.165, 1.54) is 69.9 Å². The van der Waals surface area contributed by atoms with Crippen molar-refractivity contribution < 1.29 is 33.4 Å². The first-order valence-electron chi connectivity index (χ1n) is 12.6. The Labute approximate surface area is 202 Å². The van der Waals surface area contributed by atoms with Gasteiger partial charge in [0.2, 0.25) is 5.91 Å². The number of hydrogen-bond donors (Lipinski definition) is 1. The van der Waals surface area contributed by atoms with Crippen LogP contribution in [-0.4, -0.2) is 60.2 Å². The molecule has 0 bridgehead atoms. The molecular formula is C25H40N2O7. The first-order valence-corrected chi connectivity index (χ1v) is 12.6. The van der Waals surface area contributed by atoms with Crippen molar-refractivity contribution in [3.63, 3.8) is 0 Å². The third-order valence-corrected chi connectivity index (χ3v) is 5.90. The highest BCUT2D eigenvalue weighted by Crippen LogP contribution is 2.24. The Morgan fingerprint density at radius 2 is 1.56 bits per heavy atom. The second-order valence-corrected chi connectivity index (χ2v) is 9.37. The van der Waals surface area contributed by atoms with Gasteiger partial charge in [-0.3, -0.25) is 9.59 Å². The van der Waals surface area contributed by atoms with Gasteiger partial charge in [-0.1, -0.05) is 64.7 Å². The number of cyclic esters (lactones) is 2. The normalized spacial score (nSPS) is 19.9. The number of carbonyl (C=O) groups is 4. The second kappa shape index (κ2) is 14.0. The summed E-state index contributed by atoms with van der Waals surface area (Å²) in [5.41, 5.74) is -0.308. The summed E-state index contributed by atoms with van der Waals surface area (Å²) in [6.45, 7) is 6.11. The number of rotatable bonds is 14. The van der Waals surface area contributed by atoms with E-state index in [1.807, 2.05) is 0 Å². The van der Waals surface area contributed by atoms with Gasteiger partial charge in [0.05, 0.1) is 13.0 Å². The van der Waals surface area contributed by atoms with Gasteiger partial charge in [0, 0.05) is 33.1 Å². The average Bonchev–Trinajstić information content (AvgIpc) is 2.76. The molecule has 192 valence electrons. The highest BCUT2D eigenvalue weighted by atomic mass is 16.7. The van der Waals surface area contributed by atoms with Crippen LogP contribution in [0.15, 0.2) is 11.8 Å². The van der Waals surface area contributed by atoms with Crippen molar-refractivity contribution in [3.8, 4) is 0 Å². The van der Waals surface area contributed by atoms with Gasteiger partial charge < -0.3 is 24.4 Å². The lowest BCUT2D eigenvalue weighted by Gasteiger charge is -2.35. The first-order chi connectivity index (χ1) is 16.2. The molecule has 0 aliphatic carbocycles. The third-order valence-electron chi connectivity index (χ3n) is 5.90. The summed E-state index contributed by atoms with van der Waals surface area (Å²) in [5.74, 6) is -3.85. The highest BCUT2D eigenvalue weighted by Gasteiger charge is 2.40. The van der Waals surface area contributed by atoms with Crippen LogP contribution in [0.2, 0.25) is 0 Å². The van der Waals surface area contributed by atoms with Crippen LogP contribution in [0.4, 0.5) is 0 Å². The lowest BCUT2D eigenvalue weighted by Crippen LogP contribution is -2.54. The molecule has 0 spiro atoms. The van der Waals surface area contributed by atoms with Crippen molar-refractivity contribution in [2.45, 2.75) is 103 Å². The Bertz CT molecular complexity index is 726. The predicted molar refractivity (Wildman–Crippen MR) is 125 cm³/mol. The molecule has 0 aromatic carbocycles. The van der Waals surface area contributed by atoms with Gasteiger partial charge >= 0.3 is 17.9 Å². The fourth-order valence-electron chi connectivity index (χ4n) is 4.02. The van der Waals surface area contributed by atoms with Crippen molar-refractivity contribution in [1.29, 1.82) is 0 Å². The fraction of sp³-hybridized carbons (Fsp3) is 0.760. The van der Waals surface area contributed by atoms with Crippen molar-refractivity contribution in [1.82, 2.24) is 10.2 Å². The number of esters is 3. The number of unbranched alkanes of at least 4 members (excludes halogenated alkanes) is 9. The molecule has 1 amide bonds. The molecule has 9 heteroatoms. The molecule has 34 heavy (non-hydrogen) atoms. The number of piperazine rings is 1. The molecular weight excluding hydrogens is 440 g/mol. The third kappa shape index (κ3) is 9.35. The molecule has 0 aromatic heterocycles. The quantitative estimate of drug-likeness (QED) is 0.174. The van der Waals surface area contributed by atoms with Gasteiger partial charge in [-0.2, -0.15) is 0 Å². The lowest BCUT2D eigenvalue weighted by atomic mass is 10.1. The van der Waals surface area contributed by atoms with Crippen molar-refractivity contribution in [3.05, 3.63) is 11.8 Å². The summed E-state index contributed by atoms with van der Waals surface area (Å²) >= 11 is 0. The van der Waals surface area contributed by atoms with E-state index in [0.29, 0.717) is 19.7 Å². The zero-order chi connectivity index (χ0) is 25.0. The predicted octanol–water partition coefficient (Wildman–Crippen LogP) is 3.36. The molecule has 0 saturated carbocycles. The van der Waals surface area contributed by atoms with Gasteiger partial charge in [-0.05, 0) is 6.42 Å². The van der Waals surface area contributed by atoms with Crippen molar-refractivity contribution >= 4 is 23.8 Å². The molecule has 1 N–H and O–H groups in total. The van der Waals surface area contributed by atoms with Crippen LogP contribution in [0.1, 0.15) is 91.4 Å². The van der Waals surface area contributed by atoms with Gasteiger partial charge in [-0.15, -0.1) is 0 Å². The molecule has 2 rings (SSSR count). The summed E-state index contributed by atoms with van der Waals surface area (Å²) < 4.78 is 15.5. The van der Waals surface area contributed by atoms with Crippen LogP contribution in [0, 0.1) is 0 Å². The minimum atomic E-state index is -1.34. The minimum absolute atomic E-state index is 0.178. The van der Waals surface area contributed by atoms with Crippen molar-refractivity contribution in [2.75, 3.05) is 19.7 Å². The van der Waals surface area contributed by atoms with Crippen LogP contribution in [-0.2, 0) is 33.4 Å². The number of nitrogens with one attached hydrogen (secondary N) is 1. The molecule has 2 aliphatic rings. The van der Waals surface area contributed by atoms with E-state index >= 15 is 0 Å². The summed E-state index contributed by atoms with van der Waals surface area (Å²) in [6, 6.07) is -0.878. The summed E-state index contributed by atoms with van der Waals surface area (Å²) in [7, 11) is 0. The summed E-state index contributed by atoms with van der Waals surface area (Å²) in [4.78, 5) is 50.7. The van der Waals surface area contributed by atoms with Crippen LogP contribution >= 0.6 is 0 Å². The number of nitrogens with zero attached hydrogens (tertiary/aromatic N) is 1. The Morgan fingerprint density at radius 1 is 1.00 bits per heavy atom. The Balaban J connectivity index is 1.74. The maximum Gasteiger partial charge on any atom is 0.350 e. The Hall–Kier alpha value is -2.58. The van der Waals surface area contributed by atoms with Crippen LogP contribution in [0.3, 0.4) is 0 Å². The molecule has 2 heterocycles. The van der Waals surface area contributed by atoms with Gasteiger partial charge in [0.1, 0.15) is 6.04 Å². The maximum atomic E-state index is 12.4. The molecule has 9 nitrogen and oxygen atoms in total. The van der Waals surface area contributed by atoms with Crippen LogP contribution < -0.4 is 5.32 Å². The lowest BCUT2D eigenvalue weighted by molar-refractivity contribution is -0.222. The Kier molecular flexibility index (Phi) is 11.4. The number of hydrogen-bond acceptors (Lipinski definition) is 8. The number of ether oxygens (including phenoxy) is 3. The van der Waals surface area contributed by atoms with E-state index in [2.05, 4.69) is 12.2 Å².